The monoisotopic (exact) mass is 714 g/mol. The Morgan fingerprint density at radius 3 is 1.50 bits per heavy atom. The van der Waals surface area contributed by atoms with E-state index in [0.717, 1.165) is 56.0 Å². The van der Waals surface area contributed by atoms with E-state index in [1.807, 2.05) is 12.1 Å². The van der Waals surface area contributed by atoms with E-state index in [2.05, 4.69) is 203 Å². The van der Waals surface area contributed by atoms with Gasteiger partial charge in [0.2, 0.25) is 0 Å². The molecule has 0 saturated heterocycles. The van der Waals surface area contributed by atoms with Gasteiger partial charge in [-0.3, -0.25) is 0 Å². The maximum absolute atomic E-state index is 5.25. The van der Waals surface area contributed by atoms with Crippen molar-refractivity contribution in [3.63, 3.8) is 0 Å². The fourth-order valence-corrected chi connectivity index (χ4v) is 8.36. The molecule has 11 rings (SSSR count). The number of para-hydroxylation sites is 4. The highest BCUT2D eigenvalue weighted by atomic mass is 15.0. The zero-order valence-corrected chi connectivity index (χ0v) is 30.4. The van der Waals surface area contributed by atoms with Crippen molar-refractivity contribution in [3.05, 3.63) is 206 Å². The Morgan fingerprint density at radius 1 is 0.304 bits per heavy atom. The molecular weight excluding hydrogens is 681 g/mol. The van der Waals surface area contributed by atoms with Gasteiger partial charge in [-0.05, 0) is 71.8 Å². The van der Waals surface area contributed by atoms with Crippen LogP contribution >= 0.6 is 0 Å². The first-order chi connectivity index (χ1) is 27.8. The van der Waals surface area contributed by atoms with Gasteiger partial charge < -0.3 is 9.13 Å². The zero-order valence-electron chi connectivity index (χ0n) is 30.4. The highest BCUT2D eigenvalue weighted by Crippen LogP contribution is 2.40. The van der Waals surface area contributed by atoms with Gasteiger partial charge in [-0.15, -0.1) is 0 Å². The van der Waals surface area contributed by atoms with Gasteiger partial charge in [-0.25, -0.2) is 9.97 Å². The molecule has 4 heteroatoms. The summed E-state index contributed by atoms with van der Waals surface area (Å²) < 4.78 is 4.76. The van der Waals surface area contributed by atoms with Crippen LogP contribution in [0.15, 0.2) is 206 Å². The molecule has 8 aromatic carbocycles. The second kappa shape index (κ2) is 13.1. The zero-order chi connectivity index (χ0) is 37.0. The molecule has 56 heavy (non-hydrogen) atoms. The third-order valence-corrected chi connectivity index (χ3v) is 10.9. The summed E-state index contributed by atoms with van der Waals surface area (Å²) in [4.78, 5) is 10.5. The topological polar surface area (TPSA) is 35.6 Å². The van der Waals surface area contributed by atoms with Gasteiger partial charge >= 0.3 is 0 Å². The van der Waals surface area contributed by atoms with Crippen LogP contribution in [0.2, 0.25) is 0 Å². The van der Waals surface area contributed by atoms with E-state index >= 15 is 0 Å². The molecule has 11 aromatic rings. The van der Waals surface area contributed by atoms with Crippen LogP contribution in [0, 0.1) is 0 Å². The van der Waals surface area contributed by atoms with Gasteiger partial charge in [0.05, 0.1) is 39.1 Å². The smallest absolute Gasteiger partial charge is 0.162 e. The predicted octanol–water partition coefficient (Wildman–Crippen LogP) is 13.3. The number of fused-ring (bicyclic) bond motifs is 6. The Kier molecular flexibility index (Phi) is 7.46. The molecule has 0 atom stereocenters. The Bertz CT molecular complexity index is 3170. The number of nitrogens with zero attached hydrogens (tertiary/aromatic N) is 4. The van der Waals surface area contributed by atoms with E-state index < -0.39 is 0 Å². The summed E-state index contributed by atoms with van der Waals surface area (Å²) >= 11 is 0. The first kappa shape index (κ1) is 31.9. The Labute approximate surface area is 324 Å². The minimum Gasteiger partial charge on any atom is -0.309 e. The van der Waals surface area contributed by atoms with Crippen molar-refractivity contribution >= 4 is 43.6 Å². The molecule has 0 fully saturated rings. The molecule has 262 valence electrons. The van der Waals surface area contributed by atoms with Crippen LogP contribution in [-0.2, 0) is 0 Å². The van der Waals surface area contributed by atoms with Crippen LogP contribution in [0.4, 0.5) is 0 Å². The van der Waals surface area contributed by atoms with Crippen molar-refractivity contribution in [1.82, 2.24) is 19.1 Å². The van der Waals surface area contributed by atoms with Gasteiger partial charge in [0, 0.05) is 43.9 Å². The van der Waals surface area contributed by atoms with E-state index in [1.54, 1.807) is 0 Å². The molecule has 0 aliphatic rings. The van der Waals surface area contributed by atoms with Crippen LogP contribution in [-0.4, -0.2) is 19.1 Å². The van der Waals surface area contributed by atoms with Gasteiger partial charge in [0.15, 0.2) is 5.82 Å². The largest absolute Gasteiger partial charge is 0.309 e. The lowest BCUT2D eigenvalue weighted by molar-refractivity contribution is 1.14. The van der Waals surface area contributed by atoms with Crippen molar-refractivity contribution in [2.45, 2.75) is 0 Å². The van der Waals surface area contributed by atoms with Crippen molar-refractivity contribution in [1.29, 1.82) is 0 Å². The molecule has 0 unspecified atom stereocenters. The van der Waals surface area contributed by atoms with Crippen molar-refractivity contribution < 1.29 is 0 Å². The van der Waals surface area contributed by atoms with Crippen LogP contribution in [0.1, 0.15) is 0 Å². The van der Waals surface area contributed by atoms with Crippen LogP contribution in [0.25, 0.3) is 100 Å². The second-order valence-corrected chi connectivity index (χ2v) is 14.2. The summed E-state index contributed by atoms with van der Waals surface area (Å²) in [5.74, 6) is 0.683. The number of benzene rings is 8. The van der Waals surface area contributed by atoms with E-state index in [9.17, 15) is 0 Å². The molecule has 4 nitrogen and oxygen atoms in total. The highest BCUT2D eigenvalue weighted by Gasteiger charge is 2.20. The molecule has 0 aliphatic heterocycles. The summed E-state index contributed by atoms with van der Waals surface area (Å²) in [5, 5.41) is 4.88. The maximum Gasteiger partial charge on any atom is 0.162 e. The predicted molar refractivity (Wildman–Crippen MR) is 232 cm³/mol. The molecule has 0 amide bonds. The van der Waals surface area contributed by atoms with E-state index in [1.165, 1.54) is 38.1 Å². The summed E-state index contributed by atoms with van der Waals surface area (Å²) in [6.07, 6.45) is 0. The third-order valence-electron chi connectivity index (χ3n) is 10.9. The second-order valence-electron chi connectivity index (χ2n) is 14.2. The van der Waals surface area contributed by atoms with E-state index in [4.69, 9.17) is 9.97 Å². The van der Waals surface area contributed by atoms with Gasteiger partial charge in [-0.1, -0.05) is 146 Å². The molecule has 0 aliphatic carbocycles. The average molecular weight is 715 g/mol. The molecule has 0 N–H and O–H groups in total. The minimum absolute atomic E-state index is 0.683. The lowest BCUT2D eigenvalue weighted by atomic mass is 10.0. The normalized spacial score (nSPS) is 11.6. The fourth-order valence-electron chi connectivity index (χ4n) is 8.36. The van der Waals surface area contributed by atoms with Gasteiger partial charge in [-0.2, -0.15) is 0 Å². The molecule has 0 radical (unpaired) electrons. The van der Waals surface area contributed by atoms with Crippen molar-refractivity contribution in [3.8, 4) is 56.4 Å². The first-order valence-corrected chi connectivity index (χ1v) is 19.0. The van der Waals surface area contributed by atoms with E-state index in [-0.39, 0.29) is 0 Å². The average Bonchev–Trinajstić information content (AvgIpc) is 3.79. The summed E-state index contributed by atoms with van der Waals surface area (Å²) in [6.45, 7) is 0. The molecule has 3 heterocycles. The molecular formula is C52H34N4. The molecule has 0 saturated carbocycles. The summed E-state index contributed by atoms with van der Waals surface area (Å²) in [7, 11) is 0. The van der Waals surface area contributed by atoms with Crippen LogP contribution < -0.4 is 0 Å². The van der Waals surface area contributed by atoms with Crippen molar-refractivity contribution in [2.75, 3.05) is 0 Å². The quantitative estimate of drug-likeness (QED) is 0.172. The van der Waals surface area contributed by atoms with Crippen LogP contribution in [0.3, 0.4) is 0 Å². The van der Waals surface area contributed by atoms with E-state index in [0.29, 0.717) is 5.82 Å². The minimum atomic E-state index is 0.683. The third kappa shape index (κ3) is 5.23. The molecule has 3 aromatic heterocycles. The summed E-state index contributed by atoms with van der Waals surface area (Å²) in [5.41, 5.74) is 14.0. The number of hydrogen-bond donors (Lipinski definition) is 0. The Balaban J connectivity index is 1.12. The Hall–Kier alpha value is -7.56. The number of hydrogen-bond acceptors (Lipinski definition) is 2. The summed E-state index contributed by atoms with van der Waals surface area (Å²) in [6, 6.07) is 73.2. The number of aromatic nitrogens is 4. The van der Waals surface area contributed by atoms with Gasteiger partial charge in [0.1, 0.15) is 0 Å². The maximum atomic E-state index is 5.25. The number of rotatable bonds is 6. The SMILES string of the molecule is c1ccc(-c2cc(-c3ccccc3)nc(-c3ccccc3-n3c4ccccc4c4ccc(-c5ccc6c(c5)c5ccccc5n6-c5ccccc5)cc43)n2)cc1. The van der Waals surface area contributed by atoms with Crippen LogP contribution in [0.5, 0.6) is 0 Å². The highest BCUT2D eigenvalue weighted by molar-refractivity contribution is 6.12. The lowest BCUT2D eigenvalue weighted by Gasteiger charge is -2.15. The van der Waals surface area contributed by atoms with Crippen molar-refractivity contribution in [2.24, 2.45) is 0 Å². The van der Waals surface area contributed by atoms with Gasteiger partial charge in [0.25, 0.3) is 0 Å². The Morgan fingerprint density at radius 2 is 0.804 bits per heavy atom. The standard InChI is InChI=1S/C52H34N4/c1-4-16-35(17-5-1)45-34-46(36-18-6-2-7-19-36)54-52(53-45)43-24-12-15-27-49(43)56-48-26-14-10-22-40(48)42-30-28-38(33-51(42)56)37-29-31-50-44(32-37)41-23-11-13-25-47(41)55(50)39-20-8-3-9-21-39/h1-34H. The molecule has 0 bridgehead atoms. The molecule has 0 spiro atoms. The first-order valence-electron chi connectivity index (χ1n) is 19.0. The fraction of sp³-hybridized carbons (Fsp3) is 0. The lowest BCUT2D eigenvalue weighted by Crippen LogP contribution is -2.01.